The van der Waals surface area contributed by atoms with Gasteiger partial charge in [-0.15, -0.1) is 0 Å². The first-order chi connectivity index (χ1) is 12.0. The van der Waals surface area contributed by atoms with Gasteiger partial charge in [0.1, 0.15) is 6.54 Å². The summed E-state index contributed by atoms with van der Waals surface area (Å²) < 4.78 is 1.90. The van der Waals surface area contributed by atoms with Gasteiger partial charge in [-0.1, -0.05) is 38.2 Å². The third-order valence-corrected chi connectivity index (χ3v) is 5.20. The van der Waals surface area contributed by atoms with Crippen molar-refractivity contribution in [2.45, 2.75) is 71.4 Å². The number of nitrogens with one attached hydrogen (secondary N) is 1. The predicted octanol–water partition coefficient (Wildman–Crippen LogP) is 3.85. The van der Waals surface area contributed by atoms with Gasteiger partial charge in [0.2, 0.25) is 5.91 Å². The molecule has 0 unspecified atom stereocenters. The Kier molecular flexibility index (Phi) is 5.57. The lowest BCUT2D eigenvalue weighted by atomic mass is 9.97. The van der Waals surface area contributed by atoms with Crippen LogP contribution >= 0.6 is 0 Å². The number of hydrogen-bond acceptors (Lipinski definition) is 2. The van der Waals surface area contributed by atoms with Gasteiger partial charge in [0.25, 0.3) is 0 Å². The van der Waals surface area contributed by atoms with Crippen LogP contribution in [0.25, 0.3) is 10.9 Å². The van der Waals surface area contributed by atoms with Gasteiger partial charge in [0, 0.05) is 23.7 Å². The van der Waals surface area contributed by atoms with Crippen LogP contribution in [0.3, 0.4) is 0 Å². The quantitative estimate of drug-likeness (QED) is 0.923. The number of carbonyl (C=O) groups excluding carboxylic acids is 1. The smallest absolute Gasteiger partial charge is 0.240 e. The maximum atomic E-state index is 12.6. The monoisotopic (exact) mass is 340 g/mol. The van der Waals surface area contributed by atoms with Crippen LogP contribution in [0, 0.1) is 13.8 Å². The molecule has 3 rings (SSSR count). The third-order valence-electron chi connectivity index (χ3n) is 5.20. The molecule has 4 heteroatoms. The minimum Gasteiger partial charge on any atom is -0.352 e. The summed E-state index contributed by atoms with van der Waals surface area (Å²) in [6.45, 7) is 4.23. The first-order valence-electron chi connectivity index (χ1n) is 9.44. The number of benzene rings is 1. The summed E-state index contributed by atoms with van der Waals surface area (Å²) >= 11 is 0. The van der Waals surface area contributed by atoms with Crippen LogP contribution in [-0.2, 0) is 11.3 Å². The molecule has 0 bridgehead atoms. The number of nitrogens with zero attached hydrogens (tertiary/aromatic N) is 1. The summed E-state index contributed by atoms with van der Waals surface area (Å²) in [6, 6.07) is 5.87. The number of hydrogen-bond donors (Lipinski definition) is 1. The van der Waals surface area contributed by atoms with Crippen molar-refractivity contribution in [3.8, 4) is 0 Å². The molecule has 1 N–H and O–H groups in total. The van der Waals surface area contributed by atoms with Crippen molar-refractivity contribution in [3.05, 3.63) is 45.7 Å². The number of carbonyl (C=O) groups is 1. The molecule has 1 amide bonds. The van der Waals surface area contributed by atoms with Crippen LogP contribution in [-0.4, -0.2) is 16.5 Å². The first-order valence-corrected chi connectivity index (χ1v) is 9.44. The standard InChI is InChI=1S/C21H28N2O2/c1-15-12-16(2)21-18(13-15)23(11-10-19(21)24)14-20(25)22-17-8-6-4-3-5-7-9-17/h10-13,17H,3-9,14H2,1-2H3,(H,22,25). The zero-order chi connectivity index (χ0) is 17.8. The Hall–Kier alpha value is -2.10. The van der Waals surface area contributed by atoms with E-state index in [0.717, 1.165) is 29.5 Å². The Bertz CT molecular complexity index is 814. The highest BCUT2D eigenvalue weighted by Gasteiger charge is 2.15. The number of amides is 1. The SMILES string of the molecule is Cc1cc(C)c2c(=O)ccn(CC(=O)NC3CCCCCCC3)c2c1. The normalized spacial score (nSPS) is 16.4. The molecule has 0 saturated heterocycles. The molecule has 2 aromatic rings. The maximum absolute atomic E-state index is 12.6. The highest BCUT2D eigenvalue weighted by atomic mass is 16.2. The fourth-order valence-corrected chi connectivity index (χ4v) is 3.98. The number of rotatable bonds is 3. The van der Waals surface area contributed by atoms with Crippen LogP contribution in [0.4, 0.5) is 0 Å². The Morgan fingerprint density at radius 1 is 1.12 bits per heavy atom. The van der Waals surface area contributed by atoms with Gasteiger partial charge < -0.3 is 9.88 Å². The zero-order valence-corrected chi connectivity index (χ0v) is 15.3. The molecule has 0 radical (unpaired) electrons. The van der Waals surface area contributed by atoms with Crippen LogP contribution in [0.1, 0.15) is 56.1 Å². The lowest BCUT2D eigenvalue weighted by Crippen LogP contribution is -2.37. The summed E-state index contributed by atoms with van der Waals surface area (Å²) in [5, 5.41) is 3.92. The zero-order valence-electron chi connectivity index (χ0n) is 15.3. The maximum Gasteiger partial charge on any atom is 0.240 e. The molecule has 134 valence electrons. The average Bonchev–Trinajstić information content (AvgIpc) is 2.52. The summed E-state index contributed by atoms with van der Waals surface area (Å²) in [5.41, 5.74) is 2.93. The van der Waals surface area contributed by atoms with Gasteiger partial charge >= 0.3 is 0 Å². The fourth-order valence-electron chi connectivity index (χ4n) is 3.98. The van der Waals surface area contributed by atoms with Crippen LogP contribution in [0.2, 0.25) is 0 Å². The van der Waals surface area contributed by atoms with E-state index in [-0.39, 0.29) is 17.9 Å². The van der Waals surface area contributed by atoms with E-state index in [1.54, 1.807) is 12.3 Å². The van der Waals surface area contributed by atoms with Crippen molar-refractivity contribution in [2.24, 2.45) is 0 Å². The second-order valence-electron chi connectivity index (χ2n) is 7.39. The van der Waals surface area contributed by atoms with Gasteiger partial charge in [-0.3, -0.25) is 9.59 Å². The van der Waals surface area contributed by atoms with Crippen molar-refractivity contribution < 1.29 is 4.79 Å². The van der Waals surface area contributed by atoms with Crippen molar-refractivity contribution in [1.29, 1.82) is 0 Å². The molecular formula is C21H28N2O2. The molecule has 0 spiro atoms. The molecule has 1 saturated carbocycles. The van der Waals surface area contributed by atoms with E-state index in [0.29, 0.717) is 11.4 Å². The summed E-state index contributed by atoms with van der Waals surface area (Å²) in [5.74, 6) is 0.0367. The van der Waals surface area contributed by atoms with E-state index in [1.807, 2.05) is 30.5 Å². The van der Waals surface area contributed by atoms with E-state index < -0.39 is 0 Å². The van der Waals surface area contributed by atoms with Gasteiger partial charge in [-0.05, 0) is 43.9 Å². The number of aromatic nitrogens is 1. The highest BCUT2D eigenvalue weighted by molar-refractivity contribution is 5.85. The van der Waals surface area contributed by atoms with Crippen molar-refractivity contribution in [1.82, 2.24) is 9.88 Å². The highest BCUT2D eigenvalue weighted by Crippen LogP contribution is 2.19. The van der Waals surface area contributed by atoms with Crippen molar-refractivity contribution in [3.63, 3.8) is 0 Å². The minimum absolute atomic E-state index is 0.0178. The number of pyridine rings is 1. The van der Waals surface area contributed by atoms with Gasteiger partial charge in [-0.2, -0.15) is 0 Å². The van der Waals surface area contributed by atoms with Crippen molar-refractivity contribution >= 4 is 16.8 Å². The second kappa shape index (κ2) is 7.85. The molecule has 4 nitrogen and oxygen atoms in total. The molecule has 25 heavy (non-hydrogen) atoms. The van der Waals surface area contributed by atoms with E-state index in [2.05, 4.69) is 5.32 Å². The Balaban J connectivity index is 1.79. The molecular weight excluding hydrogens is 312 g/mol. The predicted molar refractivity (Wildman–Crippen MR) is 102 cm³/mol. The third kappa shape index (κ3) is 4.30. The molecule has 1 aliphatic rings. The van der Waals surface area contributed by atoms with Crippen LogP contribution in [0.5, 0.6) is 0 Å². The van der Waals surface area contributed by atoms with E-state index in [4.69, 9.17) is 0 Å². The number of aryl methyl sites for hydroxylation is 2. The first kappa shape index (κ1) is 17.7. The summed E-state index contributed by atoms with van der Waals surface area (Å²) in [6.07, 6.45) is 10.2. The fraction of sp³-hybridized carbons (Fsp3) is 0.524. The van der Waals surface area contributed by atoms with E-state index in [9.17, 15) is 9.59 Å². The molecule has 1 heterocycles. The summed E-state index contributed by atoms with van der Waals surface area (Å²) in [4.78, 5) is 24.8. The van der Waals surface area contributed by atoms with Crippen molar-refractivity contribution in [2.75, 3.05) is 0 Å². The molecule has 1 aromatic heterocycles. The topological polar surface area (TPSA) is 51.1 Å². The van der Waals surface area contributed by atoms with E-state index in [1.165, 1.54) is 32.1 Å². The van der Waals surface area contributed by atoms with Crippen LogP contribution in [0.15, 0.2) is 29.2 Å². The summed E-state index contributed by atoms with van der Waals surface area (Å²) in [7, 11) is 0. The molecule has 1 fully saturated rings. The minimum atomic E-state index is 0.0178. The average molecular weight is 340 g/mol. The Morgan fingerprint density at radius 3 is 2.52 bits per heavy atom. The number of fused-ring (bicyclic) bond motifs is 1. The van der Waals surface area contributed by atoms with Crippen LogP contribution < -0.4 is 10.7 Å². The Labute approximate surface area is 149 Å². The lowest BCUT2D eigenvalue weighted by Gasteiger charge is -2.21. The van der Waals surface area contributed by atoms with E-state index >= 15 is 0 Å². The second-order valence-corrected chi connectivity index (χ2v) is 7.39. The van der Waals surface area contributed by atoms with Gasteiger partial charge in [0.05, 0.1) is 5.52 Å². The lowest BCUT2D eigenvalue weighted by molar-refractivity contribution is -0.122. The molecule has 1 aromatic carbocycles. The van der Waals surface area contributed by atoms with Gasteiger partial charge in [-0.25, -0.2) is 0 Å². The Morgan fingerprint density at radius 2 is 1.80 bits per heavy atom. The molecule has 0 aliphatic heterocycles. The molecule has 0 atom stereocenters. The largest absolute Gasteiger partial charge is 0.352 e. The van der Waals surface area contributed by atoms with Gasteiger partial charge in [0.15, 0.2) is 5.43 Å². The molecule has 1 aliphatic carbocycles.